The van der Waals surface area contributed by atoms with E-state index >= 15 is 0 Å². The predicted molar refractivity (Wildman–Crippen MR) is 46.5 cm³/mol. The number of hydrogen-bond donors (Lipinski definition) is 0. The van der Waals surface area contributed by atoms with E-state index < -0.39 is 0 Å². The maximum atomic E-state index is 10.00. The van der Waals surface area contributed by atoms with Crippen molar-refractivity contribution in [3.8, 4) is 5.75 Å². The van der Waals surface area contributed by atoms with E-state index in [1.165, 1.54) is 4.90 Å². The molecule has 0 N–H and O–H groups in total. The molecule has 1 aromatic rings. The summed E-state index contributed by atoms with van der Waals surface area (Å²) >= 11 is 1.66. The lowest BCUT2D eigenvalue weighted by atomic mass is 10.3. The molecular formula is C7H7O2PS. The minimum atomic E-state index is -0.306. The van der Waals surface area contributed by atoms with Gasteiger partial charge in [0.05, 0.1) is 0 Å². The standard InChI is InChI=1S/C7H7O2PS/c1-11-7-4-2-6(3-5-7)9-10-8/h2-5H,1H3. The quantitative estimate of drug-likeness (QED) is 0.536. The van der Waals surface area contributed by atoms with Crippen molar-refractivity contribution in [2.24, 2.45) is 0 Å². The van der Waals surface area contributed by atoms with Crippen molar-refractivity contribution in [3.05, 3.63) is 24.3 Å². The molecule has 0 atom stereocenters. The van der Waals surface area contributed by atoms with E-state index in [9.17, 15) is 4.57 Å². The topological polar surface area (TPSA) is 26.3 Å². The lowest BCUT2D eigenvalue weighted by Gasteiger charge is -1.96. The van der Waals surface area contributed by atoms with Crippen LogP contribution in [0.4, 0.5) is 0 Å². The largest absolute Gasteiger partial charge is 0.408 e. The maximum Gasteiger partial charge on any atom is 0.395 e. The van der Waals surface area contributed by atoms with Gasteiger partial charge in [-0.05, 0) is 30.5 Å². The van der Waals surface area contributed by atoms with Gasteiger partial charge >= 0.3 is 8.69 Å². The van der Waals surface area contributed by atoms with Crippen LogP contribution in [-0.4, -0.2) is 6.26 Å². The Hall–Kier alpha value is -0.530. The SMILES string of the molecule is CSc1ccc(OP=O)cc1. The Bertz CT molecular complexity index is 235. The fourth-order valence-corrected chi connectivity index (χ4v) is 1.30. The van der Waals surface area contributed by atoms with E-state index in [-0.39, 0.29) is 8.69 Å². The number of rotatable bonds is 3. The first-order chi connectivity index (χ1) is 5.36. The summed E-state index contributed by atoms with van der Waals surface area (Å²) in [4.78, 5) is 1.17. The second kappa shape index (κ2) is 4.37. The van der Waals surface area contributed by atoms with Crippen LogP contribution in [0.15, 0.2) is 29.2 Å². The first-order valence-corrected chi connectivity index (χ1v) is 4.96. The van der Waals surface area contributed by atoms with Crippen LogP contribution < -0.4 is 4.52 Å². The molecule has 0 amide bonds. The first-order valence-electron chi connectivity index (χ1n) is 3.00. The second-order valence-corrected chi connectivity index (χ2v) is 3.05. The molecule has 0 aliphatic heterocycles. The molecule has 0 aliphatic carbocycles. The fraction of sp³-hybridized carbons (Fsp3) is 0.143. The van der Waals surface area contributed by atoms with Crippen LogP contribution in [-0.2, 0) is 4.57 Å². The third-order valence-corrected chi connectivity index (χ3v) is 2.23. The van der Waals surface area contributed by atoms with E-state index in [1.54, 1.807) is 23.9 Å². The van der Waals surface area contributed by atoms with Crippen molar-refractivity contribution < 1.29 is 9.09 Å². The van der Waals surface area contributed by atoms with Crippen LogP contribution in [0, 0.1) is 0 Å². The zero-order chi connectivity index (χ0) is 8.10. The van der Waals surface area contributed by atoms with Gasteiger partial charge in [-0.1, -0.05) is 0 Å². The summed E-state index contributed by atoms with van der Waals surface area (Å²) in [5.74, 6) is 0.625. The molecule has 0 aliphatic rings. The van der Waals surface area contributed by atoms with E-state index in [0.717, 1.165) is 0 Å². The van der Waals surface area contributed by atoms with Gasteiger partial charge in [0.1, 0.15) is 5.75 Å². The molecule has 58 valence electrons. The zero-order valence-electron chi connectivity index (χ0n) is 5.98. The molecule has 2 nitrogen and oxygen atoms in total. The highest BCUT2D eigenvalue weighted by Gasteiger charge is 1.92. The van der Waals surface area contributed by atoms with Crippen LogP contribution in [0.25, 0.3) is 0 Å². The van der Waals surface area contributed by atoms with Crippen LogP contribution >= 0.6 is 20.4 Å². The number of benzene rings is 1. The van der Waals surface area contributed by atoms with E-state index in [2.05, 4.69) is 0 Å². The number of thioether (sulfide) groups is 1. The Labute approximate surface area is 71.2 Å². The van der Waals surface area contributed by atoms with E-state index in [1.807, 2.05) is 18.4 Å². The average molecular weight is 186 g/mol. The van der Waals surface area contributed by atoms with Crippen LogP contribution in [0.3, 0.4) is 0 Å². The Morgan fingerprint density at radius 2 is 2.00 bits per heavy atom. The van der Waals surface area contributed by atoms with Gasteiger partial charge in [-0.15, -0.1) is 11.8 Å². The molecule has 0 spiro atoms. The van der Waals surface area contributed by atoms with Gasteiger partial charge in [-0.2, -0.15) is 0 Å². The van der Waals surface area contributed by atoms with Gasteiger partial charge < -0.3 is 4.52 Å². The highest BCUT2D eigenvalue weighted by atomic mass is 32.2. The van der Waals surface area contributed by atoms with Crippen LogP contribution in [0.2, 0.25) is 0 Å². The summed E-state index contributed by atoms with van der Waals surface area (Å²) < 4.78 is 14.7. The Kier molecular flexibility index (Phi) is 3.40. The molecule has 0 bridgehead atoms. The highest BCUT2D eigenvalue weighted by Crippen LogP contribution is 2.20. The van der Waals surface area contributed by atoms with Crippen molar-refractivity contribution in [2.45, 2.75) is 4.90 Å². The molecule has 0 radical (unpaired) electrons. The molecule has 4 heteroatoms. The second-order valence-electron chi connectivity index (χ2n) is 1.84. The van der Waals surface area contributed by atoms with E-state index in [4.69, 9.17) is 4.52 Å². The lowest BCUT2D eigenvalue weighted by molar-refractivity contribution is 0.525. The van der Waals surface area contributed by atoms with Gasteiger partial charge in [0, 0.05) is 4.90 Å². The molecule has 11 heavy (non-hydrogen) atoms. The number of hydrogen-bond acceptors (Lipinski definition) is 3. The summed E-state index contributed by atoms with van der Waals surface area (Å²) in [5.41, 5.74) is 0. The van der Waals surface area contributed by atoms with Gasteiger partial charge in [0.15, 0.2) is 0 Å². The predicted octanol–water partition coefficient (Wildman–Crippen LogP) is 2.99. The molecule has 0 saturated heterocycles. The molecule has 0 unspecified atom stereocenters. The monoisotopic (exact) mass is 186 g/mol. The van der Waals surface area contributed by atoms with Crippen molar-refractivity contribution in [1.29, 1.82) is 0 Å². The van der Waals surface area contributed by atoms with Gasteiger partial charge in [-0.25, -0.2) is 4.57 Å². The van der Waals surface area contributed by atoms with Crippen LogP contribution in [0.5, 0.6) is 5.75 Å². The molecule has 1 aromatic carbocycles. The van der Waals surface area contributed by atoms with Crippen molar-refractivity contribution >= 4 is 20.4 Å². The third kappa shape index (κ3) is 2.52. The Balaban J connectivity index is 2.74. The van der Waals surface area contributed by atoms with Gasteiger partial charge in [-0.3, -0.25) is 0 Å². The van der Waals surface area contributed by atoms with Crippen LogP contribution in [0.1, 0.15) is 0 Å². The summed E-state index contributed by atoms with van der Waals surface area (Å²) in [5, 5.41) is 0. The van der Waals surface area contributed by atoms with Crippen molar-refractivity contribution in [2.75, 3.05) is 6.26 Å². The normalized spacial score (nSPS) is 9.91. The molecular weight excluding hydrogens is 179 g/mol. The minimum Gasteiger partial charge on any atom is -0.408 e. The van der Waals surface area contributed by atoms with Gasteiger partial charge in [0.2, 0.25) is 0 Å². The molecule has 0 heterocycles. The molecule has 0 fully saturated rings. The molecule has 0 aromatic heterocycles. The smallest absolute Gasteiger partial charge is 0.395 e. The fourth-order valence-electron chi connectivity index (χ4n) is 0.680. The summed E-state index contributed by atoms with van der Waals surface area (Å²) in [6, 6.07) is 7.42. The van der Waals surface area contributed by atoms with Crippen molar-refractivity contribution in [1.82, 2.24) is 0 Å². The Morgan fingerprint density at radius 1 is 1.36 bits per heavy atom. The third-order valence-electron chi connectivity index (χ3n) is 1.20. The summed E-state index contributed by atoms with van der Waals surface area (Å²) in [6.07, 6.45) is 2.00. The molecule has 1 rings (SSSR count). The first kappa shape index (κ1) is 8.57. The Morgan fingerprint density at radius 3 is 2.45 bits per heavy atom. The average Bonchev–Trinajstić information content (AvgIpc) is 2.07. The minimum absolute atomic E-state index is 0.306. The van der Waals surface area contributed by atoms with E-state index in [0.29, 0.717) is 5.75 Å². The maximum absolute atomic E-state index is 10.00. The van der Waals surface area contributed by atoms with Crippen molar-refractivity contribution in [3.63, 3.8) is 0 Å². The molecule has 0 saturated carbocycles. The van der Waals surface area contributed by atoms with Gasteiger partial charge in [0.25, 0.3) is 0 Å². The zero-order valence-corrected chi connectivity index (χ0v) is 7.69. The summed E-state index contributed by atoms with van der Waals surface area (Å²) in [6.45, 7) is 0. The summed E-state index contributed by atoms with van der Waals surface area (Å²) in [7, 11) is -0.306. The highest BCUT2D eigenvalue weighted by molar-refractivity contribution is 7.98. The lowest BCUT2D eigenvalue weighted by Crippen LogP contribution is -1.74.